The van der Waals surface area contributed by atoms with Gasteiger partial charge >= 0.3 is 0 Å². The number of ketones is 1. The summed E-state index contributed by atoms with van der Waals surface area (Å²) in [5.74, 6) is 1.07. The molecule has 1 aromatic rings. The molecule has 1 nitrogen and oxygen atoms in total. The number of carbonyl (C=O) groups excluding carboxylic acids is 1. The van der Waals surface area contributed by atoms with E-state index in [1.165, 1.54) is 0 Å². The molecule has 2 rings (SSSR count). The van der Waals surface area contributed by atoms with Crippen molar-refractivity contribution in [2.24, 2.45) is 11.8 Å². The molecule has 3 heteroatoms. The lowest BCUT2D eigenvalue weighted by atomic mass is 9.79. The van der Waals surface area contributed by atoms with Gasteiger partial charge in [-0.3, -0.25) is 4.79 Å². The van der Waals surface area contributed by atoms with Crippen molar-refractivity contribution in [1.29, 1.82) is 0 Å². The molecule has 1 aromatic carbocycles. The molecular weight excluding hydrogens is 255 g/mol. The van der Waals surface area contributed by atoms with Gasteiger partial charge in [-0.1, -0.05) is 43.0 Å². The number of halogens is 2. The number of hydrogen-bond donors (Lipinski definition) is 0. The van der Waals surface area contributed by atoms with Crippen LogP contribution in [0, 0.1) is 11.8 Å². The lowest BCUT2D eigenvalue weighted by Crippen LogP contribution is -2.21. The molecule has 0 spiro atoms. The molecule has 17 heavy (non-hydrogen) atoms. The summed E-state index contributed by atoms with van der Waals surface area (Å²) in [6.45, 7) is 2.25. The molecule has 0 aromatic heterocycles. The van der Waals surface area contributed by atoms with Crippen LogP contribution in [0.25, 0.3) is 0 Å². The Morgan fingerprint density at radius 3 is 2.41 bits per heavy atom. The van der Waals surface area contributed by atoms with Crippen LogP contribution in [0.1, 0.15) is 43.0 Å². The highest BCUT2D eigenvalue weighted by molar-refractivity contribution is 6.36. The fourth-order valence-corrected chi connectivity index (χ4v) is 2.93. The van der Waals surface area contributed by atoms with Gasteiger partial charge in [-0.05, 0) is 37.0 Å². The second-order valence-corrected chi connectivity index (χ2v) is 5.79. The van der Waals surface area contributed by atoms with Crippen LogP contribution >= 0.6 is 23.2 Å². The predicted molar refractivity (Wildman–Crippen MR) is 71.9 cm³/mol. The molecule has 1 saturated carbocycles. The quantitative estimate of drug-likeness (QED) is 0.691. The van der Waals surface area contributed by atoms with E-state index in [1.807, 2.05) is 0 Å². The maximum atomic E-state index is 12.3. The number of rotatable bonds is 2. The van der Waals surface area contributed by atoms with Crippen LogP contribution in [0.5, 0.6) is 0 Å². The van der Waals surface area contributed by atoms with E-state index in [4.69, 9.17) is 23.2 Å². The fourth-order valence-electron chi connectivity index (χ4n) is 2.43. The maximum absolute atomic E-state index is 12.3. The van der Waals surface area contributed by atoms with Gasteiger partial charge in [-0.25, -0.2) is 0 Å². The minimum atomic E-state index is 0.143. The van der Waals surface area contributed by atoms with Crippen LogP contribution in [-0.4, -0.2) is 5.78 Å². The topological polar surface area (TPSA) is 17.1 Å². The molecule has 0 atom stereocenters. The van der Waals surface area contributed by atoms with Gasteiger partial charge in [0.1, 0.15) is 0 Å². The van der Waals surface area contributed by atoms with Crippen LogP contribution in [0.4, 0.5) is 0 Å². The number of hydrogen-bond acceptors (Lipinski definition) is 1. The summed E-state index contributed by atoms with van der Waals surface area (Å²) in [7, 11) is 0. The first-order valence-electron chi connectivity index (χ1n) is 6.07. The van der Waals surface area contributed by atoms with Gasteiger partial charge in [0.15, 0.2) is 5.78 Å². The van der Waals surface area contributed by atoms with Crippen molar-refractivity contribution in [3.63, 3.8) is 0 Å². The second-order valence-electron chi connectivity index (χ2n) is 4.95. The third-order valence-corrected chi connectivity index (χ3v) is 4.13. The first-order valence-corrected chi connectivity index (χ1v) is 6.83. The average molecular weight is 271 g/mol. The Labute approximate surface area is 112 Å². The molecule has 1 aliphatic rings. The summed E-state index contributed by atoms with van der Waals surface area (Å²) in [6, 6.07) is 5.11. The van der Waals surface area contributed by atoms with Crippen LogP contribution in [-0.2, 0) is 0 Å². The van der Waals surface area contributed by atoms with Gasteiger partial charge in [0, 0.05) is 16.5 Å². The maximum Gasteiger partial charge on any atom is 0.167 e. The van der Waals surface area contributed by atoms with E-state index in [9.17, 15) is 4.79 Å². The van der Waals surface area contributed by atoms with Crippen LogP contribution < -0.4 is 0 Å². The lowest BCUT2D eigenvalue weighted by molar-refractivity contribution is 0.0876. The zero-order chi connectivity index (χ0) is 12.4. The number of carbonyl (C=O) groups is 1. The molecule has 1 fully saturated rings. The molecule has 92 valence electrons. The zero-order valence-electron chi connectivity index (χ0n) is 9.88. The van der Waals surface area contributed by atoms with E-state index in [0.29, 0.717) is 15.6 Å². The highest BCUT2D eigenvalue weighted by Gasteiger charge is 2.26. The normalized spacial score (nSPS) is 24.6. The summed E-state index contributed by atoms with van der Waals surface area (Å²) in [6.07, 6.45) is 4.25. The first kappa shape index (κ1) is 12.9. The SMILES string of the molecule is CC1CCC(C(=O)c2ccc(Cl)cc2Cl)CC1. The molecule has 0 saturated heterocycles. The minimum absolute atomic E-state index is 0.143. The van der Waals surface area contributed by atoms with Crippen LogP contribution in [0.3, 0.4) is 0 Å². The van der Waals surface area contributed by atoms with E-state index in [2.05, 4.69) is 6.92 Å². The van der Waals surface area contributed by atoms with Gasteiger partial charge < -0.3 is 0 Å². The Bertz CT molecular complexity index is 420. The summed E-state index contributed by atoms with van der Waals surface area (Å²) < 4.78 is 0. The Kier molecular flexibility index (Phi) is 4.11. The zero-order valence-corrected chi connectivity index (χ0v) is 11.4. The first-order chi connectivity index (χ1) is 8.08. The van der Waals surface area contributed by atoms with Gasteiger partial charge in [0.2, 0.25) is 0 Å². The second kappa shape index (κ2) is 5.41. The molecule has 0 aliphatic heterocycles. The summed E-state index contributed by atoms with van der Waals surface area (Å²) in [5.41, 5.74) is 0.621. The Morgan fingerprint density at radius 1 is 1.18 bits per heavy atom. The standard InChI is InChI=1S/C14H16Cl2O/c1-9-2-4-10(5-3-9)14(17)12-7-6-11(15)8-13(12)16/h6-10H,2-5H2,1H3. The van der Waals surface area contributed by atoms with Crippen molar-refractivity contribution < 1.29 is 4.79 Å². The average Bonchev–Trinajstić information content (AvgIpc) is 2.29. The van der Waals surface area contributed by atoms with Crippen molar-refractivity contribution in [2.45, 2.75) is 32.6 Å². The Morgan fingerprint density at radius 2 is 1.82 bits per heavy atom. The summed E-state index contributed by atoms with van der Waals surface area (Å²) in [4.78, 5) is 12.3. The largest absolute Gasteiger partial charge is 0.294 e. The van der Waals surface area contributed by atoms with Crippen molar-refractivity contribution in [2.75, 3.05) is 0 Å². The van der Waals surface area contributed by atoms with E-state index in [-0.39, 0.29) is 11.7 Å². The predicted octanol–water partition coefficient (Wildman–Crippen LogP) is 5.00. The molecule has 0 unspecified atom stereocenters. The summed E-state index contributed by atoms with van der Waals surface area (Å²) >= 11 is 11.9. The molecule has 0 bridgehead atoms. The van der Waals surface area contributed by atoms with E-state index in [0.717, 1.165) is 31.6 Å². The van der Waals surface area contributed by atoms with Crippen molar-refractivity contribution >= 4 is 29.0 Å². The van der Waals surface area contributed by atoms with Gasteiger partial charge in [0.05, 0.1) is 5.02 Å². The Hall–Kier alpha value is -0.530. The van der Waals surface area contributed by atoms with E-state index >= 15 is 0 Å². The van der Waals surface area contributed by atoms with Gasteiger partial charge in [0.25, 0.3) is 0 Å². The van der Waals surface area contributed by atoms with Crippen molar-refractivity contribution in [1.82, 2.24) is 0 Å². The van der Waals surface area contributed by atoms with E-state index in [1.54, 1.807) is 18.2 Å². The molecule has 0 amide bonds. The summed E-state index contributed by atoms with van der Waals surface area (Å²) in [5, 5.41) is 1.05. The third kappa shape index (κ3) is 3.02. The van der Waals surface area contributed by atoms with Crippen LogP contribution in [0.15, 0.2) is 18.2 Å². The third-order valence-electron chi connectivity index (χ3n) is 3.58. The molecule has 0 N–H and O–H groups in total. The van der Waals surface area contributed by atoms with E-state index < -0.39 is 0 Å². The van der Waals surface area contributed by atoms with Gasteiger partial charge in [-0.15, -0.1) is 0 Å². The van der Waals surface area contributed by atoms with Gasteiger partial charge in [-0.2, -0.15) is 0 Å². The van der Waals surface area contributed by atoms with Crippen molar-refractivity contribution in [3.05, 3.63) is 33.8 Å². The number of Topliss-reactive ketones (excluding diaryl/α,β-unsaturated/α-hetero) is 1. The molecule has 1 aliphatic carbocycles. The Balaban J connectivity index is 2.14. The molecule has 0 radical (unpaired) electrons. The smallest absolute Gasteiger partial charge is 0.167 e. The lowest BCUT2D eigenvalue weighted by Gasteiger charge is -2.25. The highest BCUT2D eigenvalue weighted by Crippen LogP contribution is 2.32. The monoisotopic (exact) mass is 270 g/mol. The molecule has 0 heterocycles. The molecular formula is C14H16Cl2O. The highest BCUT2D eigenvalue weighted by atomic mass is 35.5. The van der Waals surface area contributed by atoms with Crippen LogP contribution in [0.2, 0.25) is 10.0 Å². The van der Waals surface area contributed by atoms with Crippen molar-refractivity contribution in [3.8, 4) is 0 Å². The fraction of sp³-hybridized carbons (Fsp3) is 0.500. The number of benzene rings is 1. The minimum Gasteiger partial charge on any atom is -0.294 e.